The molecule has 134 valence electrons. The van der Waals surface area contributed by atoms with Crippen molar-refractivity contribution in [3.63, 3.8) is 0 Å². The summed E-state index contributed by atoms with van der Waals surface area (Å²) < 4.78 is 38.2. The molecule has 0 radical (unpaired) electrons. The van der Waals surface area contributed by atoms with E-state index >= 15 is 0 Å². The third-order valence-corrected chi connectivity index (χ3v) is 4.87. The molecular formula is C19H15F3N2O2. The zero-order valence-corrected chi connectivity index (χ0v) is 13.7. The van der Waals surface area contributed by atoms with Gasteiger partial charge >= 0.3 is 6.18 Å². The number of nitrogens with zero attached hydrogens (tertiary/aromatic N) is 2. The second-order valence-electron chi connectivity index (χ2n) is 6.61. The summed E-state index contributed by atoms with van der Waals surface area (Å²) >= 11 is 0. The van der Waals surface area contributed by atoms with Gasteiger partial charge in [0.05, 0.1) is 17.8 Å². The molecule has 7 heteroatoms. The predicted octanol–water partition coefficient (Wildman–Crippen LogP) is 3.47. The van der Waals surface area contributed by atoms with Gasteiger partial charge in [-0.05, 0) is 43.2 Å². The topological polar surface area (TPSA) is 40.6 Å². The molecule has 3 aliphatic rings. The fourth-order valence-electron chi connectivity index (χ4n) is 3.37. The molecule has 1 aromatic carbocycles. The molecule has 1 aliphatic carbocycles. The molecular weight excluding hydrogens is 345 g/mol. The third-order valence-electron chi connectivity index (χ3n) is 4.87. The highest BCUT2D eigenvalue weighted by molar-refractivity contribution is 6.02. The van der Waals surface area contributed by atoms with E-state index in [-0.39, 0.29) is 24.3 Å². The lowest BCUT2D eigenvalue weighted by atomic mass is 10.0. The van der Waals surface area contributed by atoms with Crippen LogP contribution in [0.5, 0.6) is 0 Å². The maximum atomic E-state index is 12.8. The van der Waals surface area contributed by atoms with Gasteiger partial charge in [0.25, 0.3) is 0 Å². The Hall–Kier alpha value is -2.79. The minimum atomic E-state index is -4.43. The molecule has 1 aromatic rings. The highest BCUT2D eigenvalue weighted by Crippen LogP contribution is 2.42. The van der Waals surface area contributed by atoms with Crippen molar-refractivity contribution in [2.24, 2.45) is 11.8 Å². The number of halogens is 3. The van der Waals surface area contributed by atoms with Crippen molar-refractivity contribution in [1.29, 1.82) is 0 Å². The largest absolute Gasteiger partial charge is 0.416 e. The second kappa shape index (κ2) is 5.61. The predicted molar refractivity (Wildman–Crippen MR) is 87.6 cm³/mol. The minimum absolute atomic E-state index is 0.0341. The average molecular weight is 360 g/mol. The Balaban J connectivity index is 1.65. The Morgan fingerprint density at radius 2 is 1.85 bits per heavy atom. The number of carbonyl (C=O) groups is 2. The lowest BCUT2D eigenvalue weighted by Crippen LogP contribution is -2.38. The van der Waals surface area contributed by atoms with Crippen LogP contribution < -0.4 is 4.90 Å². The second-order valence-corrected chi connectivity index (χ2v) is 6.61. The smallest absolute Gasteiger partial charge is 0.306 e. The van der Waals surface area contributed by atoms with Crippen molar-refractivity contribution >= 4 is 17.5 Å². The van der Waals surface area contributed by atoms with E-state index in [0.29, 0.717) is 17.1 Å². The van der Waals surface area contributed by atoms with Gasteiger partial charge in [0.1, 0.15) is 5.92 Å². The first kappa shape index (κ1) is 16.7. The van der Waals surface area contributed by atoms with E-state index in [1.165, 1.54) is 21.9 Å². The van der Waals surface area contributed by atoms with Crippen LogP contribution in [0.1, 0.15) is 18.4 Å². The molecule has 26 heavy (non-hydrogen) atoms. The molecule has 0 aromatic heterocycles. The Bertz CT molecular complexity index is 875. The number of carbonyl (C=O) groups excluding carboxylic acids is 2. The van der Waals surface area contributed by atoms with Gasteiger partial charge in [-0.15, -0.1) is 5.73 Å². The van der Waals surface area contributed by atoms with Crippen molar-refractivity contribution in [2.45, 2.75) is 19.0 Å². The van der Waals surface area contributed by atoms with Gasteiger partial charge in [-0.25, -0.2) is 0 Å². The molecule has 2 bridgehead atoms. The van der Waals surface area contributed by atoms with E-state index in [4.69, 9.17) is 0 Å². The molecule has 1 saturated carbocycles. The molecule has 4 rings (SSSR count). The van der Waals surface area contributed by atoms with Crippen LogP contribution in [-0.4, -0.2) is 23.3 Å². The maximum absolute atomic E-state index is 12.8. The Morgan fingerprint density at radius 3 is 2.38 bits per heavy atom. The fraction of sp³-hybridized carbons (Fsp3) is 0.316. The normalized spacial score (nSPS) is 22.4. The van der Waals surface area contributed by atoms with Crippen molar-refractivity contribution < 1.29 is 22.8 Å². The number of amides is 2. The number of benzene rings is 1. The van der Waals surface area contributed by atoms with Crippen LogP contribution in [0, 0.1) is 11.8 Å². The van der Waals surface area contributed by atoms with E-state index in [1.54, 1.807) is 6.08 Å². The monoisotopic (exact) mass is 360 g/mol. The van der Waals surface area contributed by atoms with Gasteiger partial charge in [-0.3, -0.25) is 14.5 Å². The van der Waals surface area contributed by atoms with Crippen LogP contribution in [0.15, 0.2) is 54.0 Å². The van der Waals surface area contributed by atoms with Crippen LogP contribution in [0.2, 0.25) is 0 Å². The number of fused-ring (bicyclic) bond motifs is 1. The summed E-state index contributed by atoms with van der Waals surface area (Å²) in [7, 11) is 0. The lowest BCUT2D eigenvalue weighted by molar-refractivity contribution is -0.137. The molecule has 0 saturated heterocycles. The molecule has 2 amide bonds. The quantitative estimate of drug-likeness (QED) is 0.758. The van der Waals surface area contributed by atoms with Crippen LogP contribution >= 0.6 is 0 Å². The van der Waals surface area contributed by atoms with Crippen molar-refractivity contribution in [1.82, 2.24) is 4.90 Å². The SMILES string of the molecule is C=C=C1[C@H]2C=C(CN(c3ccc(C(F)(F)F)cc3)C2=O)N1C(=O)C1CC1. The highest BCUT2D eigenvalue weighted by atomic mass is 19.4. The van der Waals surface area contributed by atoms with Crippen LogP contribution in [-0.2, 0) is 15.8 Å². The van der Waals surface area contributed by atoms with Crippen LogP contribution in [0.3, 0.4) is 0 Å². The average Bonchev–Trinajstić information content (AvgIpc) is 3.40. The van der Waals surface area contributed by atoms with E-state index in [0.717, 1.165) is 25.0 Å². The third kappa shape index (κ3) is 2.56. The van der Waals surface area contributed by atoms with Gasteiger partial charge < -0.3 is 4.90 Å². The number of hydrogen-bond acceptors (Lipinski definition) is 2. The molecule has 0 N–H and O–H groups in total. The zero-order valence-electron chi connectivity index (χ0n) is 13.7. The van der Waals surface area contributed by atoms with Crippen LogP contribution in [0.25, 0.3) is 0 Å². The Morgan fingerprint density at radius 1 is 1.19 bits per heavy atom. The Labute approximate surface area is 147 Å². The molecule has 0 spiro atoms. The first-order chi connectivity index (χ1) is 12.3. The number of hydrogen-bond donors (Lipinski definition) is 0. The zero-order chi connectivity index (χ0) is 18.6. The van der Waals surface area contributed by atoms with Gasteiger partial charge in [0.15, 0.2) is 0 Å². The minimum Gasteiger partial charge on any atom is -0.306 e. The molecule has 2 aliphatic heterocycles. The van der Waals surface area contributed by atoms with Gasteiger partial charge in [-0.2, -0.15) is 13.2 Å². The standard InChI is InChI=1S/C19H15F3N2O2/c1-2-16-15-9-14(24(16)17(25)11-3-4-11)10-23(18(15)26)13-7-5-12(6-8-13)19(20,21)22/h5-9,11,15H,1,3-4,10H2/t15-/m1/s1. The molecule has 1 atom stereocenters. The van der Waals surface area contributed by atoms with Crippen molar-refractivity contribution in [2.75, 3.05) is 11.4 Å². The molecule has 1 fully saturated rings. The van der Waals surface area contributed by atoms with Crippen molar-refractivity contribution in [3.8, 4) is 0 Å². The van der Waals surface area contributed by atoms with E-state index in [2.05, 4.69) is 12.3 Å². The number of anilines is 1. The van der Waals surface area contributed by atoms with E-state index in [1.807, 2.05) is 0 Å². The van der Waals surface area contributed by atoms with Crippen LogP contribution in [0.4, 0.5) is 18.9 Å². The van der Waals surface area contributed by atoms with Crippen molar-refractivity contribution in [3.05, 3.63) is 59.6 Å². The summed E-state index contributed by atoms with van der Waals surface area (Å²) in [6.07, 6.45) is -1.06. The van der Waals surface area contributed by atoms with E-state index < -0.39 is 17.7 Å². The van der Waals surface area contributed by atoms with E-state index in [9.17, 15) is 22.8 Å². The summed E-state index contributed by atoms with van der Waals surface area (Å²) in [6, 6.07) is 4.45. The Kier molecular flexibility index (Phi) is 3.59. The maximum Gasteiger partial charge on any atom is 0.416 e. The highest BCUT2D eigenvalue weighted by Gasteiger charge is 2.47. The number of rotatable bonds is 2. The van der Waals surface area contributed by atoms with Gasteiger partial charge in [0, 0.05) is 17.3 Å². The first-order valence-electron chi connectivity index (χ1n) is 8.24. The summed E-state index contributed by atoms with van der Waals surface area (Å²) in [6.45, 7) is 3.73. The summed E-state index contributed by atoms with van der Waals surface area (Å²) in [5.41, 5.74) is 3.36. The summed E-state index contributed by atoms with van der Waals surface area (Å²) in [5.74, 6) is -1.08. The van der Waals surface area contributed by atoms with Gasteiger partial charge in [0.2, 0.25) is 11.8 Å². The molecule has 2 heterocycles. The fourth-order valence-corrected chi connectivity index (χ4v) is 3.37. The summed E-state index contributed by atoms with van der Waals surface area (Å²) in [4.78, 5) is 28.3. The first-order valence-corrected chi connectivity index (χ1v) is 8.24. The molecule has 4 nitrogen and oxygen atoms in total. The molecule has 0 unspecified atom stereocenters. The van der Waals surface area contributed by atoms with Gasteiger partial charge in [-0.1, -0.05) is 6.58 Å². The number of alkyl halides is 3. The summed E-state index contributed by atoms with van der Waals surface area (Å²) in [5, 5.41) is 0. The lowest BCUT2D eigenvalue weighted by Gasteiger charge is -2.27.